The summed E-state index contributed by atoms with van der Waals surface area (Å²) in [6.07, 6.45) is 1.54. The number of amides is 1. The molecule has 1 aromatic carbocycles. The Hall–Kier alpha value is -1.82. The van der Waals surface area contributed by atoms with Crippen LogP contribution in [-0.2, 0) is 6.54 Å². The Balaban J connectivity index is 2.07. The first-order valence-corrected chi connectivity index (χ1v) is 6.20. The summed E-state index contributed by atoms with van der Waals surface area (Å²) in [5.74, 6) is -1.73. The van der Waals surface area contributed by atoms with E-state index in [0.29, 0.717) is 10.2 Å². The van der Waals surface area contributed by atoms with E-state index in [4.69, 9.17) is 0 Å². The summed E-state index contributed by atoms with van der Waals surface area (Å²) >= 11 is 3.15. The van der Waals surface area contributed by atoms with Crippen LogP contribution in [0.15, 0.2) is 41.1 Å². The Bertz CT molecular complexity index is 619. The molecule has 3 nitrogen and oxygen atoms in total. The van der Waals surface area contributed by atoms with Crippen molar-refractivity contribution in [3.63, 3.8) is 0 Å². The van der Waals surface area contributed by atoms with Gasteiger partial charge in [-0.1, -0.05) is 6.07 Å². The summed E-state index contributed by atoms with van der Waals surface area (Å²) in [6.45, 7) is -0.0215. The molecule has 1 amide bonds. The first-order valence-electron chi connectivity index (χ1n) is 5.40. The molecule has 2 aromatic rings. The molecule has 0 aliphatic heterocycles. The van der Waals surface area contributed by atoms with Gasteiger partial charge in [0.1, 0.15) is 16.2 Å². The van der Waals surface area contributed by atoms with Crippen molar-refractivity contribution in [2.45, 2.75) is 6.54 Å². The van der Waals surface area contributed by atoms with Gasteiger partial charge in [0, 0.05) is 24.4 Å². The molecule has 0 saturated carbocycles. The predicted molar refractivity (Wildman–Crippen MR) is 69.5 cm³/mol. The maximum atomic E-state index is 13.4. The lowest BCUT2D eigenvalue weighted by atomic mass is 10.2. The van der Waals surface area contributed by atoms with E-state index in [2.05, 4.69) is 26.2 Å². The molecule has 0 aliphatic rings. The van der Waals surface area contributed by atoms with E-state index in [1.54, 1.807) is 18.3 Å². The van der Waals surface area contributed by atoms with E-state index >= 15 is 0 Å². The minimum Gasteiger partial charge on any atom is -0.348 e. The smallest absolute Gasteiger partial charge is 0.254 e. The van der Waals surface area contributed by atoms with Gasteiger partial charge in [0.05, 0.1) is 5.56 Å². The van der Waals surface area contributed by atoms with E-state index in [0.717, 1.165) is 12.1 Å². The molecule has 98 valence electrons. The van der Waals surface area contributed by atoms with Gasteiger partial charge in [-0.25, -0.2) is 13.8 Å². The van der Waals surface area contributed by atoms with Crippen LogP contribution in [-0.4, -0.2) is 10.9 Å². The van der Waals surface area contributed by atoms with E-state index in [1.165, 1.54) is 6.07 Å². The second kappa shape index (κ2) is 5.88. The zero-order chi connectivity index (χ0) is 13.8. The Morgan fingerprint density at radius 2 is 2.11 bits per heavy atom. The second-order valence-corrected chi connectivity index (χ2v) is 4.51. The highest BCUT2D eigenvalue weighted by atomic mass is 79.9. The largest absolute Gasteiger partial charge is 0.348 e. The van der Waals surface area contributed by atoms with Gasteiger partial charge in [-0.05, 0) is 34.1 Å². The molecule has 1 heterocycles. The highest BCUT2D eigenvalue weighted by molar-refractivity contribution is 9.10. The highest BCUT2D eigenvalue weighted by Gasteiger charge is 2.11. The molecular formula is C13H9BrF2N2O. The predicted octanol–water partition coefficient (Wildman–Crippen LogP) is 3.05. The van der Waals surface area contributed by atoms with Crippen LogP contribution >= 0.6 is 15.9 Å². The molecule has 0 radical (unpaired) electrons. The molecular weight excluding hydrogens is 318 g/mol. The highest BCUT2D eigenvalue weighted by Crippen LogP contribution is 2.13. The molecule has 0 saturated heterocycles. The van der Waals surface area contributed by atoms with Crippen molar-refractivity contribution in [1.29, 1.82) is 0 Å². The van der Waals surface area contributed by atoms with E-state index in [-0.39, 0.29) is 18.0 Å². The number of halogens is 3. The first kappa shape index (κ1) is 13.6. The maximum Gasteiger partial charge on any atom is 0.254 e. The molecule has 1 aromatic heterocycles. The zero-order valence-electron chi connectivity index (χ0n) is 9.66. The van der Waals surface area contributed by atoms with E-state index in [1.807, 2.05) is 0 Å². The lowest BCUT2D eigenvalue weighted by molar-refractivity contribution is 0.0949. The molecule has 0 fully saturated rings. The number of benzene rings is 1. The molecule has 2 rings (SSSR count). The van der Waals surface area contributed by atoms with Crippen molar-refractivity contribution in [1.82, 2.24) is 10.3 Å². The summed E-state index contributed by atoms with van der Waals surface area (Å²) in [5.41, 5.74) is 0.569. The first-order chi connectivity index (χ1) is 9.08. The van der Waals surface area contributed by atoms with Gasteiger partial charge in [-0.3, -0.25) is 4.79 Å². The lowest BCUT2D eigenvalue weighted by Gasteiger charge is -2.07. The number of nitrogens with zero attached hydrogens (tertiary/aromatic N) is 1. The molecule has 19 heavy (non-hydrogen) atoms. The standard InChI is InChI=1S/C13H9BrF2N2O/c14-12-10(2-1-5-17-12)13(19)18-7-8-3-4-9(15)6-11(8)16/h1-6H,7H2,(H,18,19). The third-order valence-electron chi connectivity index (χ3n) is 2.46. The minimum absolute atomic E-state index is 0.0215. The molecule has 6 heteroatoms. The maximum absolute atomic E-state index is 13.4. The van der Waals surface area contributed by atoms with Crippen molar-refractivity contribution in [3.8, 4) is 0 Å². The van der Waals surface area contributed by atoms with Crippen LogP contribution < -0.4 is 5.32 Å². The van der Waals surface area contributed by atoms with Crippen LogP contribution in [0.4, 0.5) is 8.78 Å². The SMILES string of the molecule is O=C(NCc1ccc(F)cc1F)c1cccnc1Br. The minimum atomic E-state index is -0.689. The average Bonchev–Trinajstić information content (AvgIpc) is 2.38. The quantitative estimate of drug-likeness (QED) is 0.881. The van der Waals surface area contributed by atoms with Crippen LogP contribution in [0.25, 0.3) is 0 Å². The second-order valence-electron chi connectivity index (χ2n) is 3.76. The lowest BCUT2D eigenvalue weighted by Crippen LogP contribution is -2.23. The average molecular weight is 327 g/mol. The number of carbonyl (C=O) groups excluding carboxylic acids is 1. The van der Waals surface area contributed by atoms with Crippen LogP contribution in [0, 0.1) is 11.6 Å². The third-order valence-corrected chi connectivity index (χ3v) is 3.09. The van der Waals surface area contributed by atoms with Crippen molar-refractivity contribution in [2.24, 2.45) is 0 Å². The molecule has 0 unspecified atom stereocenters. The van der Waals surface area contributed by atoms with Crippen LogP contribution in [0.3, 0.4) is 0 Å². The molecule has 1 N–H and O–H groups in total. The number of hydrogen-bond acceptors (Lipinski definition) is 2. The fraction of sp³-hybridized carbons (Fsp3) is 0.0769. The number of carbonyl (C=O) groups is 1. The van der Waals surface area contributed by atoms with Gasteiger partial charge in [0.2, 0.25) is 0 Å². The number of nitrogens with one attached hydrogen (secondary N) is 1. The van der Waals surface area contributed by atoms with Gasteiger partial charge < -0.3 is 5.32 Å². The van der Waals surface area contributed by atoms with Crippen molar-refractivity contribution in [2.75, 3.05) is 0 Å². The zero-order valence-corrected chi connectivity index (χ0v) is 11.2. The summed E-state index contributed by atoms with van der Waals surface area (Å²) in [4.78, 5) is 15.8. The molecule has 0 aliphatic carbocycles. The van der Waals surface area contributed by atoms with Crippen molar-refractivity contribution in [3.05, 3.63) is 63.9 Å². The Morgan fingerprint density at radius 1 is 1.32 bits per heavy atom. The fourth-order valence-corrected chi connectivity index (χ4v) is 1.92. The van der Waals surface area contributed by atoms with Crippen LogP contribution in [0.5, 0.6) is 0 Å². The summed E-state index contributed by atoms with van der Waals surface area (Å²) in [7, 11) is 0. The number of rotatable bonds is 3. The van der Waals surface area contributed by atoms with Crippen LogP contribution in [0.2, 0.25) is 0 Å². The third kappa shape index (κ3) is 3.35. The number of pyridine rings is 1. The van der Waals surface area contributed by atoms with Gasteiger partial charge >= 0.3 is 0 Å². The van der Waals surface area contributed by atoms with Gasteiger partial charge in [0.15, 0.2) is 0 Å². The Morgan fingerprint density at radius 3 is 2.79 bits per heavy atom. The normalized spacial score (nSPS) is 10.3. The molecule has 0 bridgehead atoms. The monoisotopic (exact) mass is 326 g/mol. The van der Waals surface area contributed by atoms with Crippen LogP contribution in [0.1, 0.15) is 15.9 Å². The van der Waals surface area contributed by atoms with E-state index in [9.17, 15) is 13.6 Å². The Labute approximate surface area is 116 Å². The molecule has 0 spiro atoms. The van der Waals surface area contributed by atoms with E-state index < -0.39 is 11.6 Å². The Kier molecular flexibility index (Phi) is 4.21. The van der Waals surface area contributed by atoms with Gasteiger partial charge in [0.25, 0.3) is 5.91 Å². The van der Waals surface area contributed by atoms with Crippen molar-refractivity contribution < 1.29 is 13.6 Å². The van der Waals surface area contributed by atoms with Crippen molar-refractivity contribution >= 4 is 21.8 Å². The van der Waals surface area contributed by atoms with Gasteiger partial charge in [-0.2, -0.15) is 0 Å². The summed E-state index contributed by atoms with van der Waals surface area (Å²) in [6, 6.07) is 6.43. The molecule has 0 atom stereocenters. The summed E-state index contributed by atoms with van der Waals surface area (Å²) in [5, 5.41) is 2.54. The number of hydrogen-bond donors (Lipinski definition) is 1. The van der Waals surface area contributed by atoms with Gasteiger partial charge in [-0.15, -0.1) is 0 Å². The summed E-state index contributed by atoms with van der Waals surface area (Å²) < 4.78 is 26.5. The number of aromatic nitrogens is 1. The topological polar surface area (TPSA) is 42.0 Å². The fourth-order valence-electron chi connectivity index (χ4n) is 1.49.